The molecule has 0 bridgehead atoms. The Morgan fingerprint density at radius 3 is 2.74 bits per heavy atom. The lowest BCUT2D eigenvalue weighted by atomic mass is 10.1. The Hall–Kier alpha value is -3.36. The molecule has 1 aromatic heterocycles. The normalized spacial score (nSPS) is 17.2. The van der Waals surface area contributed by atoms with Crippen LogP contribution >= 0.6 is 11.8 Å². The van der Waals surface area contributed by atoms with Crippen molar-refractivity contribution in [2.24, 2.45) is 4.99 Å². The van der Waals surface area contributed by atoms with Gasteiger partial charge in [-0.2, -0.15) is 10.1 Å². The van der Waals surface area contributed by atoms with E-state index in [0.29, 0.717) is 24.7 Å². The third-order valence-electron chi connectivity index (χ3n) is 5.81. The third-order valence-corrected chi connectivity index (χ3v) is 6.86. The van der Waals surface area contributed by atoms with Crippen molar-refractivity contribution in [2.75, 3.05) is 32.9 Å². The highest BCUT2D eigenvalue weighted by molar-refractivity contribution is 8.18. The SMILES string of the molecule is CCCCOc1cccc(-c2nn(-c3ccccc3)cc2/C=C2\SC(N3CCOCC3)=NC2=O)c1. The number of carbonyl (C=O) groups excluding carboxylic acids is 1. The van der Waals surface area contributed by atoms with E-state index in [1.807, 2.05) is 71.6 Å². The van der Waals surface area contributed by atoms with Gasteiger partial charge < -0.3 is 14.4 Å². The molecule has 0 unspecified atom stereocenters. The smallest absolute Gasteiger partial charge is 0.286 e. The summed E-state index contributed by atoms with van der Waals surface area (Å²) in [5.41, 5.74) is 3.53. The number of thioether (sulfide) groups is 1. The average molecular weight is 489 g/mol. The minimum atomic E-state index is -0.216. The van der Waals surface area contributed by atoms with Crippen LogP contribution in [-0.2, 0) is 9.53 Å². The molecule has 8 heteroatoms. The fourth-order valence-electron chi connectivity index (χ4n) is 3.93. The van der Waals surface area contributed by atoms with Gasteiger partial charge in [-0.15, -0.1) is 0 Å². The van der Waals surface area contributed by atoms with Crippen LogP contribution in [0, 0.1) is 0 Å². The molecule has 0 aliphatic carbocycles. The van der Waals surface area contributed by atoms with E-state index in [1.54, 1.807) is 0 Å². The topological polar surface area (TPSA) is 68.9 Å². The molecule has 5 rings (SSSR count). The number of hydrogen-bond acceptors (Lipinski definition) is 6. The highest BCUT2D eigenvalue weighted by Crippen LogP contribution is 2.34. The van der Waals surface area contributed by atoms with Crippen molar-refractivity contribution in [3.8, 4) is 22.7 Å². The van der Waals surface area contributed by atoms with E-state index in [9.17, 15) is 4.79 Å². The van der Waals surface area contributed by atoms with Gasteiger partial charge in [-0.25, -0.2) is 4.68 Å². The summed E-state index contributed by atoms with van der Waals surface area (Å²) in [5, 5.41) is 5.64. The standard InChI is InChI=1S/C27H28N4O3S/c1-2-3-14-34-23-11-7-8-20(17-23)25-21(19-31(29-25)22-9-5-4-6-10-22)18-24-26(32)28-27(35-24)30-12-15-33-16-13-30/h4-11,17-19H,2-3,12-16H2,1H3/b24-18-. The second-order valence-corrected chi connectivity index (χ2v) is 9.36. The lowest BCUT2D eigenvalue weighted by Gasteiger charge is -2.27. The van der Waals surface area contributed by atoms with Crippen molar-refractivity contribution in [1.29, 1.82) is 0 Å². The summed E-state index contributed by atoms with van der Waals surface area (Å²) < 4.78 is 13.2. The van der Waals surface area contributed by atoms with Crippen molar-refractivity contribution in [2.45, 2.75) is 19.8 Å². The summed E-state index contributed by atoms with van der Waals surface area (Å²) in [4.78, 5) is 19.8. The van der Waals surface area contributed by atoms with Crippen LogP contribution in [0.15, 0.2) is 70.7 Å². The van der Waals surface area contributed by atoms with E-state index in [1.165, 1.54) is 11.8 Å². The van der Waals surface area contributed by atoms with Crippen molar-refractivity contribution in [3.63, 3.8) is 0 Å². The first-order valence-corrected chi connectivity index (χ1v) is 12.8. The maximum absolute atomic E-state index is 12.8. The molecule has 1 saturated heterocycles. The molecule has 1 amide bonds. The lowest BCUT2D eigenvalue weighted by molar-refractivity contribution is -0.113. The summed E-state index contributed by atoms with van der Waals surface area (Å²) in [7, 11) is 0. The zero-order valence-corrected chi connectivity index (χ0v) is 20.5. The Labute approximate surface area is 209 Å². The molecule has 1 fully saturated rings. The molecule has 35 heavy (non-hydrogen) atoms. The summed E-state index contributed by atoms with van der Waals surface area (Å²) in [6, 6.07) is 17.9. The summed E-state index contributed by atoms with van der Waals surface area (Å²) >= 11 is 1.42. The molecular formula is C27H28N4O3S. The first kappa shape index (κ1) is 23.4. The Balaban J connectivity index is 1.48. The van der Waals surface area contributed by atoms with Crippen molar-refractivity contribution < 1.29 is 14.3 Å². The Morgan fingerprint density at radius 2 is 1.94 bits per heavy atom. The number of para-hydroxylation sites is 1. The zero-order valence-electron chi connectivity index (χ0n) is 19.7. The van der Waals surface area contributed by atoms with Gasteiger partial charge in [0.05, 0.1) is 30.4 Å². The number of carbonyl (C=O) groups is 1. The van der Waals surface area contributed by atoms with Gasteiger partial charge in [0.2, 0.25) is 0 Å². The summed E-state index contributed by atoms with van der Waals surface area (Å²) in [6.07, 6.45) is 5.95. The van der Waals surface area contributed by atoms with Gasteiger partial charge in [-0.05, 0) is 48.5 Å². The predicted molar refractivity (Wildman–Crippen MR) is 140 cm³/mol. The molecule has 0 N–H and O–H groups in total. The monoisotopic (exact) mass is 488 g/mol. The van der Waals surface area contributed by atoms with Gasteiger partial charge in [0.15, 0.2) is 5.17 Å². The molecule has 2 aliphatic rings. The number of aromatic nitrogens is 2. The minimum Gasteiger partial charge on any atom is -0.494 e. The molecular weight excluding hydrogens is 460 g/mol. The number of hydrogen-bond donors (Lipinski definition) is 0. The number of rotatable bonds is 7. The summed E-state index contributed by atoms with van der Waals surface area (Å²) in [5.74, 6) is 0.597. The van der Waals surface area contributed by atoms with Gasteiger partial charge in [0.1, 0.15) is 11.4 Å². The van der Waals surface area contributed by atoms with E-state index in [0.717, 1.165) is 59.4 Å². The van der Waals surface area contributed by atoms with E-state index < -0.39 is 0 Å². The number of morpholine rings is 1. The van der Waals surface area contributed by atoms with Gasteiger partial charge in [0.25, 0.3) is 5.91 Å². The van der Waals surface area contributed by atoms with Gasteiger partial charge in [0, 0.05) is 30.4 Å². The number of unbranched alkanes of at least 4 members (excludes halogenated alkanes) is 1. The molecule has 3 aromatic rings. The Kier molecular flexibility index (Phi) is 7.30. The molecule has 0 spiro atoms. The molecule has 180 valence electrons. The second-order valence-electron chi connectivity index (χ2n) is 8.35. The van der Waals surface area contributed by atoms with E-state index >= 15 is 0 Å². The third kappa shape index (κ3) is 5.49. The summed E-state index contributed by atoms with van der Waals surface area (Å²) in [6.45, 7) is 5.62. The molecule has 3 heterocycles. The predicted octanol–water partition coefficient (Wildman–Crippen LogP) is 5.02. The molecule has 0 saturated carbocycles. The minimum absolute atomic E-state index is 0.216. The molecule has 0 radical (unpaired) electrons. The molecule has 7 nitrogen and oxygen atoms in total. The number of amidine groups is 1. The average Bonchev–Trinajstić information content (AvgIpc) is 3.49. The number of amides is 1. The van der Waals surface area contributed by atoms with Gasteiger partial charge in [-0.1, -0.05) is 43.7 Å². The molecule has 2 aromatic carbocycles. The maximum atomic E-state index is 12.8. The first-order chi connectivity index (χ1) is 17.2. The van der Waals surface area contributed by atoms with E-state index in [-0.39, 0.29) is 5.91 Å². The molecule has 0 atom stereocenters. The van der Waals surface area contributed by atoms with Crippen LogP contribution < -0.4 is 4.74 Å². The highest BCUT2D eigenvalue weighted by atomic mass is 32.2. The van der Waals surface area contributed by atoms with Crippen molar-refractivity contribution in [1.82, 2.24) is 14.7 Å². The largest absolute Gasteiger partial charge is 0.494 e. The van der Waals surface area contributed by atoms with Crippen LogP contribution in [0.5, 0.6) is 5.75 Å². The molecule has 2 aliphatic heterocycles. The quantitative estimate of drug-likeness (QED) is 0.344. The van der Waals surface area contributed by atoms with Crippen LogP contribution in [0.25, 0.3) is 23.0 Å². The fraction of sp³-hybridized carbons (Fsp3) is 0.296. The first-order valence-electron chi connectivity index (χ1n) is 11.9. The second kappa shape index (κ2) is 10.9. The van der Waals surface area contributed by atoms with Crippen LogP contribution in [0.3, 0.4) is 0 Å². The van der Waals surface area contributed by atoms with Crippen LogP contribution in [0.1, 0.15) is 25.3 Å². The number of ether oxygens (including phenoxy) is 2. The Bertz CT molecular complexity index is 1250. The van der Waals surface area contributed by atoms with Crippen molar-refractivity contribution in [3.05, 3.63) is 71.3 Å². The van der Waals surface area contributed by atoms with Crippen LogP contribution in [-0.4, -0.2) is 58.7 Å². The number of aliphatic imine (C=N–C) groups is 1. The zero-order chi connectivity index (χ0) is 24.0. The maximum Gasteiger partial charge on any atom is 0.286 e. The van der Waals surface area contributed by atoms with E-state index in [4.69, 9.17) is 14.6 Å². The lowest BCUT2D eigenvalue weighted by Crippen LogP contribution is -2.38. The van der Waals surface area contributed by atoms with E-state index in [2.05, 4.69) is 16.8 Å². The number of nitrogens with zero attached hydrogens (tertiary/aromatic N) is 4. The number of benzene rings is 2. The van der Waals surface area contributed by atoms with Gasteiger partial charge >= 0.3 is 0 Å². The highest BCUT2D eigenvalue weighted by Gasteiger charge is 2.28. The van der Waals surface area contributed by atoms with Crippen LogP contribution in [0.2, 0.25) is 0 Å². The van der Waals surface area contributed by atoms with Gasteiger partial charge in [-0.3, -0.25) is 4.79 Å². The Morgan fingerprint density at radius 1 is 1.11 bits per heavy atom. The van der Waals surface area contributed by atoms with Crippen LogP contribution in [0.4, 0.5) is 0 Å². The van der Waals surface area contributed by atoms with Crippen molar-refractivity contribution >= 4 is 28.9 Å². The fourth-order valence-corrected chi connectivity index (χ4v) is 4.88.